The van der Waals surface area contributed by atoms with Crippen LogP contribution in [0.15, 0.2) is 41.1 Å². The van der Waals surface area contributed by atoms with Gasteiger partial charge in [-0.2, -0.15) is 5.26 Å². The Morgan fingerprint density at radius 3 is 2.93 bits per heavy atom. The largest absolute Gasteiger partial charge is 0.425 e. The highest BCUT2D eigenvalue weighted by Crippen LogP contribution is 2.59. The molecule has 2 aromatic rings. The van der Waals surface area contributed by atoms with Gasteiger partial charge in [0.25, 0.3) is 5.88 Å². The summed E-state index contributed by atoms with van der Waals surface area (Å²) in [6.07, 6.45) is 4.07. The van der Waals surface area contributed by atoms with E-state index < -0.39 is 11.9 Å². The molecule has 1 amide bonds. The molecule has 1 saturated carbocycles. The number of nitriles is 1. The van der Waals surface area contributed by atoms with E-state index in [2.05, 4.69) is 17.3 Å². The van der Waals surface area contributed by atoms with Crippen LogP contribution in [0.5, 0.6) is 5.88 Å². The highest BCUT2D eigenvalue weighted by molar-refractivity contribution is 5.96. The first-order valence-corrected chi connectivity index (χ1v) is 9.00. The van der Waals surface area contributed by atoms with E-state index in [1.807, 2.05) is 31.2 Å². The molecule has 5 atom stereocenters. The molecule has 134 valence electrons. The van der Waals surface area contributed by atoms with Gasteiger partial charge in [-0.05, 0) is 42.0 Å². The molecule has 0 radical (unpaired) electrons. The quantitative estimate of drug-likeness (QED) is 0.814. The van der Waals surface area contributed by atoms with Crippen LogP contribution < -0.4 is 9.64 Å². The number of para-hydroxylation sites is 1. The number of hydrogen-bond acceptors (Lipinski definition) is 6. The first kappa shape index (κ1) is 14.9. The number of fused-ring (bicyclic) bond motifs is 3. The van der Waals surface area contributed by atoms with Crippen molar-refractivity contribution in [2.75, 3.05) is 4.90 Å². The van der Waals surface area contributed by atoms with Crippen molar-refractivity contribution in [3.63, 3.8) is 0 Å². The fourth-order valence-corrected chi connectivity index (χ4v) is 4.75. The highest BCUT2D eigenvalue weighted by atomic mass is 16.8. The second kappa shape index (κ2) is 4.71. The molecule has 2 fully saturated rings. The minimum absolute atomic E-state index is 0.148. The third-order valence-electron chi connectivity index (χ3n) is 6.27. The van der Waals surface area contributed by atoms with Crippen molar-refractivity contribution in [3.05, 3.63) is 47.7 Å². The Balaban J connectivity index is 1.39. The highest BCUT2D eigenvalue weighted by Gasteiger charge is 2.65. The number of hydrogen-bond donors (Lipinski definition) is 0. The normalized spacial score (nSPS) is 34.9. The van der Waals surface area contributed by atoms with Gasteiger partial charge < -0.3 is 14.0 Å². The summed E-state index contributed by atoms with van der Waals surface area (Å²) in [7, 11) is 0. The molecular weight excluding hydrogens is 346 g/mol. The zero-order valence-corrected chi connectivity index (χ0v) is 14.5. The number of benzene rings is 1. The van der Waals surface area contributed by atoms with E-state index in [9.17, 15) is 4.79 Å². The van der Waals surface area contributed by atoms with Crippen LogP contribution in [0.3, 0.4) is 0 Å². The Hall–Kier alpha value is -3.27. The summed E-state index contributed by atoms with van der Waals surface area (Å²) in [5.41, 5.74) is 3.64. The van der Waals surface area contributed by atoms with Gasteiger partial charge in [0.15, 0.2) is 0 Å². The third-order valence-corrected chi connectivity index (χ3v) is 6.27. The molecule has 1 aromatic heterocycles. The van der Waals surface area contributed by atoms with Gasteiger partial charge in [-0.15, -0.1) is 0 Å². The van der Waals surface area contributed by atoms with Crippen LogP contribution in [0.25, 0.3) is 5.57 Å². The molecule has 2 aliphatic heterocycles. The average Bonchev–Trinajstić information content (AvgIpc) is 2.97. The number of amides is 1. The summed E-state index contributed by atoms with van der Waals surface area (Å²) < 4.78 is 16.3. The first-order chi connectivity index (χ1) is 13.1. The summed E-state index contributed by atoms with van der Waals surface area (Å²) in [6.45, 7) is 1.89. The maximum Gasteiger partial charge on any atom is 0.418 e. The van der Waals surface area contributed by atoms with Crippen molar-refractivity contribution >= 4 is 17.4 Å². The van der Waals surface area contributed by atoms with E-state index >= 15 is 0 Å². The van der Waals surface area contributed by atoms with Crippen molar-refractivity contribution in [2.45, 2.75) is 25.2 Å². The molecule has 4 aliphatic rings. The fourth-order valence-electron chi connectivity index (χ4n) is 4.75. The Morgan fingerprint density at radius 2 is 2.19 bits per heavy atom. The monoisotopic (exact) mass is 361 g/mol. The lowest BCUT2D eigenvalue weighted by Gasteiger charge is -2.37. The zero-order valence-electron chi connectivity index (χ0n) is 14.5. The number of ether oxygens (including phenoxy) is 2. The molecule has 27 heavy (non-hydrogen) atoms. The molecule has 3 heterocycles. The van der Waals surface area contributed by atoms with Crippen LogP contribution in [0.1, 0.15) is 24.5 Å². The second-order valence-corrected chi connectivity index (χ2v) is 7.53. The SMILES string of the molecule is C[C@H]1N(c2ccccc2C2=CC3[C@H](C#N)[C@H]3C2)C(=O)O[C@@]12Oc1nocc12. The number of carbonyl (C=O) groups is 1. The Kier molecular flexibility index (Phi) is 2.59. The number of rotatable bonds is 2. The fraction of sp³-hybridized carbons (Fsp3) is 0.350. The van der Waals surface area contributed by atoms with Crippen LogP contribution in [-0.2, 0) is 10.5 Å². The van der Waals surface area contributed by atoms with E-state index in [1.54, 1.807) is 4.90 Å². The molecule has 7 nitrogen and oxygen atoms in total. The number of carbonyl (C=O) groups excluding carboxylic acids is 1. The summed E-state index contributed by atoms with van der Waals surface area (Å²) >= 11 is 0. The number of nitrogens with zero attached hydrogens (tertiary/aromatic N) is 3. The van der Waals surface area contributed by atoms with Crippen LogP contribution in [0.2, 0.25) is 0 Å². The van der Waals surface area contributed by atoms with Crippen LogP contribution in [0, 0.1) is 29.1 Å². The second-order valence-electron chi connectivity index (χ2n) is 7.53. The molecule has 0 bridgehead atoms. The van der Waals surface area contributed by atoms with Crippen LogP contribution in [0.4, 0.5) is 10.5 Å². The van der Waals surface area contributed by atoms with E-state index in [1.165, 1.54) is 11.8 Å². The standard InChI is InChI=1S/C20H15N3O4/c1-10-20(16-9-25-22-18(16)26-20)27-19(24)23(10)17-5-3-2-4-12(17)11-6-13-14(7-11)15(13)8-21/h2-6,9-10,13-15H,7H2,1H3/t10-,13?,14+,15+,20+/m1/s1. The third kappa shape index (κ3) is 1.70. The van der Waals surface area contributed by atoms with Crippen LogP contribution in [-0.4, -0.2) is 17.3 Å². The molecule has 0 N–H and O–H groups in total. The molecular formula is C20H15N3O4. The lowest BCUT2D eigenvalue weighted by molar-refractivity contribution is -0.170. The smallest absolute Gasteiger partial charge is 0.418 e. The molecule has 1 aromatic carbocycles. The van der Waals surface area contributed by atoms with E-state index in [0.29, 0.717) is 23.3 Å². The minimum Gasteiger partial charge on any atom is -0.425 e. The summed E-state index contributed by atoms with van der Waals surface area (Å²) in [6, 6.07) is 9.81. The number of allylic oxidation sites excluding steroid dienone is 2. The van der Waals surface area contributed by atoms with Gasteiger partial charge in [0.1, 0.15) is 17.9 Å². The maximum atomic E-state index is 12.8. The van der Waals surface area contributed by atoms with Crippen molar-refractivity contribution < 1.29 is 18.8 Å². The van der Waals surface area contributed by atoms with Gasteiger partial charge in [-0.1, -0.05) is 24.3 Å². The van der Waals surface area contributed by atoms with Gasteiger partial charge in [0.05, 0.1) is 17.7 Å². The lowest BCUT2D eigenvalue weighted by atomic mass is 9.95. The Morgan fingerprint density at radius 1 is 1.33 bits per heavy atom. The summed E-state index contributed by atoms with van der Waals surface area (Å²) in [5, 5.41) is 12.9. The zero-order chi connectivity index (χ0) is 18.3. The lowest BCUT2D eigenvalue weighted by Crippen LogP contribution is -2.51. The molecule has 1 spiro atoms. The van der Waals surface area contributed by atoms with E-state index in [-0.39, 0.29) is 12.0 Å². The number of anilines is 1. The van der Waals surface area contributed by atoms with Crippen LogP contribution >= 0.6 is 0 Å². The Bertz CT molecular complexity index is 1070. The van der Waals surface area contributed by atoms with Crippen molar-refractivity contribution in [1.82, 2.24) is 5.16 Å². The summed E-state index contributed by atoms with van der Waals surface area (Å²) in [5.74, 6) is 0.113. The van der Waals surface area contributed by atoms with E-state index in [0.717, 1.165) is 17.7 Å². The summed E-state index contributed by atoms with van der Waals surface area (Å²) in [4.78, 5) is 14.4. The predicted molar refractivity (Wildman–Crippen MR) is 92.4 cm³/mol. The van der Waals surface area contributed by atoms with Gasteiger partial charge >= 0.3 is 11.9 Å². The van der Waals surface area contributed by atoms with Crippen molar-refractivity contribution in [3.8, 4) is 11.9 Å². The topological polar surface area (TPSA) is 88.6 Å². The molecule has 1 unspecified atom stereocenters. The molecule has 2 aliphatic carbocycles. The number of aromatic nitrogens is 1. The van der Waals surface area contributed by atoms with E-state index in [4.69, 9.17) is 19.3 Å². The maximum absolute atomic E-state index is 12.8. The van der Waals surface area contributed by atoms with Crippen molar-refractivity contribution in [1.29, 1.82) is 5.26 Å². The molecule has 6 rings (SSSR count). The predicted octanol–water partition coefficient (Wildman–Crippen LogP) is 3.44. The van der Waals surface area contributed by atoms with Gasteiger partial charge in [-0.25, -0.2) is 4.79 Å². The molecule has 1 saturated heterocycles. The van der Waals surface area contributed by atoms with Gasteiger partial charge in [0, 0.05) is 5.56 Å². The first-order valence-electron chi connectivity index (χ1n) is 9.00. The van der Waals surface area contributed by atoms with Crippen molar-refractivity contribution in [2.24, 2.45) is 17.8 Å². The van der Waals surface area contributed by atoms with Gasteiger partial charge in [-0.3, -0.25) is 4.90 Å². The average molecular weight is 361 g/mol. The minimum atomic E-state index is -1.17. The van der Waals surface area contributed by atoms with Gasteiger partial charge in [0.2, 0.25) is 0 Å². The Labute approximate surface area is 154 Å². The molecule has 7 heteroatoms.